The molecule has 0 aliphatic heterocycles. The normalized spacial score (nSPS) is 11.1. The molecule has 5 rings (SSSR count). The van der Waals surface area contributed by atoms with E-state index in [1.54, 1.807) is 36.4 Å². The molecule has 7 nitrogen and oxygen atoms in total. The lowest BCUT2D eigenvalue weighted by Crippen LogP contribution is -2.32. The predicted molar refractivity (Wildman–Crippen MR) is 147 cm³/mol. The summed E-state index contributed by atoms with van der Waals surface area (Å²) >= 11 is 7.64. The Hall–Kier alpha value is -4.53. The zero-order valence-electron chi connectivity index (χ0n) is 19.1. The number of nitrogens with one attached hydrogen (secondary N) is 2. The molecular formula is C28H18ClN3O4S. The number of amides is 2. The van der Waals surface area contributed by atoms with Crippen molar-refractivity contribution in [2.24, 2.45) is 5.10 Å². The number of fused-ring (bicyclic) bond motifs is 2. The van der Waals surface area contributed by atoms with Gasteiger partial charge < -0.3 is 10.1 Å². The number of halogens is 1. The number of anilines is 1. The van der Waals surface area contributed by atoms with E-state index in [4.69, 9.17) is 16.3 Å². The van der Waals surface area contributed by atoms with Gasteiger partial charge in [-0.25, -0.2) is 10.2 Å². The highest BCUT2D eigenvalue weighted by atomic mass is 35.5. The van der Waals surface area contributed by atoms with E-state index < -0.39 is 17.8 Å². The number of benzene rings is 4. The predicted octanol–water partition coefficient (Wildman–Crippen LogP) is 6.02. The topological polar surface area (TPSA) is 96.9 Å². The zero-order valence-corrected chi connectivity index (χ0v) is 20.7. The second kappa shape index (κ2) is 10.6. The molecule has 0 aliphatic carbocycles. The lowest BCUT2D eigenvalue weighted by molar-refractivity contribution is -0.136. The molecule has 0 atom stereocenters. The van der Waals surface area contributed by atoms with E-state index in [-0.39, 0.29) is 10.6 Å². The highest BCUT2D eigenvalue weighted by Gasteiger charge is 2.20. The van der Waals surface area contributed by atoms with E-state index in [1.807, 2.05) is 54.6 Å². The van der Waals surface area contributed by atoms with Crippen LogP contribution >= 0.6 is 22.9 Å². The number of rotatable bonds is 5. The number of esters is 1. The van der Waals surface area contributed by atoms with Gasteiger partial charge in [0, 0.05) is 26.7 Å². The van der Waals surface area contributed by atoms with Crippen LogP contribution in [0.15, 0.2) is 96.1 Å². The van der Waals surface area contributed by atoms with Gasteiger partial charge in [-0.1, -0.05) is 78.3 Å². The molecule has 0 spiro atoms. The van der Waals surface area contributed by atoms with Crippen LogP contribution in [-0.2, 0) is 9.59 Å². The molecule has 0 radical (unpaired) electrons. The smallest absolute Gasteiger partial charge is 0.355 e. The fourth-order valence-corrected chi connectivity index (χ4v) is 5.08. The van der Waals surface area contributed by atoms with Crippen LogP contribution in [-0.4, -0.2) is 24.0 Å². The Labute approximate surface area is 220 Å². The molecule has 0 aliphatic rings. The van der Waals surface area contributed by atoms with Gasteiger partial charge >= 0.3 is 17.8 Å². The van der Waals surface area contributed by atoms with Gasteiger partial charge in [-0.2, -0.15) is 5.10 Å². The second-order valence-electron chi connectivity index (χ2n) is 7.85. The largest absolute Gasteiger partial charge is 0.422 e. The molecule has 182 valence electrons. The first kappa shape index (κ1) is 24.2. The fourth-order valence-electron chi connectivity index (χ4n) is 3.70. The van der Waals surface area contributed by atoms with Crippen molar-refractivity contribution < 1.29 is 19.1 Å². The molecule has 9 heteroatoms. The maximum Gasteiger partial charge on any atom is 0.355 e. The number of hydrazone groups is 1. The first-order chi connectivity index (χ1) is 18.0. The standard InChI is InChI=1S/C28H18ClN3O4S/c29-24-20-12-4-6-15-23(20)37-25(24)28(35)36-22-14-5-2-9-18(22)16-30-32-27(34)26(33)31-21-13-7-10-17-8-1-3-11-19(17)21/h1-16H,(H,31,33)(H,32,34)/b30-16+. The second-order valence-corrected chi connectivity index (χ2v) is 9.28. The van der Waals surface area contributed by atoms with E-state index >= 15 is 0 Å². The Kier molecular flexibility index (Phi) is 6.93. The average Bonchev–Trinajstić information content (AvgIpc) is 3.26. The summed E-state index contributed by atoms with van der Waals surface area (Å²) in [5.74, 6) is -2.20. The van der Waals surface area contributed by atoms with Crippen molar-refractivity contribution in [3.63, 3.8) is 0 Å². The summed E-state index contributed by atoms with van der Waals surface area (Å²) < 4.78 is 6.44. The molecular weight excluding hydrogens is 510 g/mol. The lowest BCUT2D eigenvalue weighted by Gasteiger charge is -2.08. The molecule has 0 bridgehead atoms. The van der Waals surface area contributed by atoms with Crippen molar-refractivity contribution in [3.8, 4) is 5.75 Å². The molecule has 5 aromatic rings. The van der Waals surface area contributed by atoms with Crippen LogP contribution in [0, 0.1) is 0 Å². The van der Waals surface area contributed by atoms with E-state index in [1.165, 1.54) is 17.6 Å². The van der Waals surface area contributed by atoms with Gasteiger partial charge in [-0.05, 0) is 29.7 Å². The van der Waals surface area contributed by atoms with E-state index in [0.29, 0.717) is 16.3 Å². The van der Waals surface area contributed by atoms with Gasteiger partial charge in [-0.3, -0.25) is 9.59 Å². The highest BCUT2D eigenvalue weighted by molar-refractivity contribution is 7.21. The first-order valence-electron chi connectivity index (χ1n) is 11.1. The third-order valence-corrected chi connectivity index (χ3v) is 7.11. The lowest BCUT2D eigenvalue weighted by atomic mass is 10.1. The van der Waals surface area contributed by atoms with Crippen LogP contribution < -0.4 is 15.5 Å². The minimum atomic E-state index is -0.948. The number of thiophene rings is 1. The van der Waals surface area contributed by atoms with Crippen molar-refractivity contribution in [2.45, 2.75) is 0 Å². The summed E-state index contributed by atoms with van der Waals surface area (Å²) in [4.78, 5) is 37.8. The van der Waals surface area contributed by atoms with E-state index in [9.17, 15) is 14.4 Å². The Morgan fingerprint density at radius 2 is 1.51 bits per heavy atom. The summed E-state index contributed by atoms with van der Waals surface area (Å²) in [5, 5.41) is 9.31. The Bertz CT molecular complexity index is 1690. The van der Waals surface area contributed by atoms with Crippen LogP contribution in [0.4, 0.5) is 5.69 Å². The summed E-state index contributed by atoms with van der Waals surface area (Å²) in [5.41, 5.74) is 3.13. The molecule has 0 unspecified atom stereocenters. The van der Waals surface area contributed by atoms with Crippen LogP contribution in [0.1, 0.15) is 15.2 Å². The van der Waals surface area contributed by atoms with Crippen LogP contribution in [0.25, 0.3) is 20.9 Å². The molecule has 0 fully saturated rings. The molecule has 4 aromatic carbocycles. The van der Waals surface area contributed by atoms with E-state index in [0.717, 1.165) is 20.9 Å². The van der Waals surface area contributed by atoms with Crippen molar-refractivity contribution in [2.75, 3.05) is 5.32 Å². The number of nitrogens with zero attached hydrogens (tertiary/aromatic N) is 1. The van der Waals surface area contributed by atoms with Gasteiger partial charge in [0.25, 0.3) is 0 Å². The van der Waals surface area contributed by atoms with Crippen molar-refractivity contribution >= 4 is 73.5 Å². The van der Waals surface area contributed by atoms with Crippen LogP contribution in [0.3, 0.4) is 0 Å². The number of para-hydroxylation sites is 1. The van der Waals surface area contributed by atoms with Gasteiger partial charge in [-0.15, -0.1) is 11.3 Å². The molecule has 37 heavy (non-hydrogen) atoms. The van der Waals surface area contributed by atoms with Crippen LogP contribution in [0.2, 0.25) is 5.02 Å². The van der Waals surface area contributed by atoms with Crippen LogP contribution in [0.5, 0.6) is 5.75 Å². The highest BCUT2D eigenvalue weighted by Crippen LogP contribution is 2.36. The maximum absolute atomic E-state index is 12.8. The summed E-state index contributed by atoms with van der Waals surface area (Å²) in [6.45, 7) is 0. The third-order valence-electron chi connectivity index (χ3n) is 5.46. The minimum Gasteiger partial charge on any atom is -0.422 e. The summed E-state index contributed by atoms with van der Waals surface area (Å²) in [7, 11) is 0. The molecule has 0 saturated heterocycles. The molecule has 2 N–H and O–H groups in total. The Morgan fingerprint density at radius 3 is 2.35 bits per heavy atom. The number of carbonyl (C=O) groups is 3. The summed E-state index contributed by atoms with van der Waals surface area (Å²) in [6, 6.07) is 27.0. The number of hydrogen-bond acceptors (Lipinski definition) is 6. The van der Waals surface area contributed by atoms with Gasteiger partial charge in [0.15, 0.2) is 0 Å². The molecule has 0 saturated carbocycles. The zero-order chi connectivity index (χ0) is 25.8. The molecule has 1 heterocycles. The monoisotopic (exact) mass is 527 g/mol. The molecule has 2 amide bonds. The van der Waals surface area contributed by atoms with Gasteiger partial charge in [0.05, 0.1) is 11.2 Å². The number of carbonyl (C=O) groups excluding carboxylic acids is 3. The fraction of sp³-hybridized carbons (Fsp3) is 0. The van der Waals surface area contributed by atoms with E-state index in [2.05, 4.69) is 15.8 Å². The maximum atomic E-state index is 12.8. The van der Waals surface area contributed by atoms with Crippen molar-refractivity contribution in [3.05, 3.63) is 106 Å². The van der Waals surface area contributed by atoms with Crippen molar-refractivity contribution in [1.29, 1.82) is 0 Å². The first-order valence-corrected chi connectivity index (χ1v) is 12.3. The van der Waals surface area contributed by atoms with Gasteiger partial charge in [0.1, 0.15) is 10.6 Å². The quantitative estimate of drug-likeness (QED) is 0.0960. The molecule has 1 aromatic heterocycles. The number of ether oxygens (including phenoxy) is 1. The average molecular weight is 528 g/mol. The minimum absolute atomic E-state index is 0.222. The third kappa shape index (κ3) is 5.20. The van der Waals surface area contributed by atoms with Gasteiger partial charge in [0.2, 0.25) is 0 Å². The van der Waals surface area contributed by atoms with Crippen molar-refractivity contribution in [1.82, 2.24) is 5.43 Å². The Balaban J connectivity index is 1.26. The number of hydrogen-bond donors (Lipinski definition) is 2. The summed E-state index contributed by atoms with van der Waals surface area (Å²) in [6.07, 6.45) is 1.29. The Morgan fingerprint density at radius 1 is 0.811 bits per heavy atom. The SMILES string of the molecule is O=C(N/N=C/c1ccccc1OC(=O)c1sc2ccccc2c1Cl)C(=O)Nc1cccc2ccccc12.